The van der Waals surface area contributed by atoms with Gasteiger partial charge in [0, 0.05) is 49.0 Å². The van der Waals surface area contributed by atoms with Gasteiger partial charge in [-0.25, -0.2) is 9.78 Å². The molecule has 3 aromatic rings. The van der Waals surface area contributed by atoms with Gasteiger partial charge in [0.2, 0.25) is 0 Å². The van der Waals surface area contributed by atoms with Gasteiger partial charge in [-0.05, 0) is 63.6 Å². The number of hydrogen-bond donors (Lipinski definition) is 3. The number of anilines is 3. The summed E-state index contributed by atoms with van der Waals surface area (Å²) in [4.78, 5) is 19.6. The molecule has 2 amide bonds. The van der Waals surface area contributed by atoms with E-state index in [0.717, 1.165) is 64.9 Å². The minimum Gasteiger partial charge on any atom is -0.377 e. The Labute approximate surface area is 196 Å². The zero-order valence-corrected chi connectivity index (χ0v) is 20.3. The molecule has 174 valence electrons. The van der Waals surface area contributed by atoms with Gasteiger partial charge in [-0.15, -0.1) is 0 Å². The highest BCUT2D eigenvalue weighted by Crippen LogP contribution is 2.29. The molecule has 1 saturated carbocycles. The number of aromatic nitrogens is 1. The van der Waals surface area contributed by atoms with Gasteiger partial charge in [0.15, 0.2) is 0 Å². The first-order chi connectivity index (χ1) is 15.8. The Morgan fingerprint density at radius 1 is 0.939 bits per heavy atom. The van der Waals surface area contributed by atoms with Gasteiger partial charge >= 0.3 is 6.03 Å². The summed E-state index contributed by atoms with van der Waals surface area (Å²) in [7, 11) is 4.13. The van der Waals surface area contributed by atoms with E-state index in [9.17, 15) is 4.79 Å². The summed E-state index contributed by atoms with van der Waals surface area (Å²) >= 11 is 0. The second kappa shape index (κ2) is 9.69. The number of carbonyl (C=O) groups is 1. The van der Waals surface area contributed by atoms with Crippen molar-refractivity contribution in [1.29, 1.82) is 0 Å². The van der Waals surface area contributed by atoms with E-state index < -0.39 is 0 Å². The summed E-state index contributed by atoms with van der Waals surface area (Å²) in [6, 6.07) is 15.0. The molecule has 0 unspecified atom stereocenters. The van der Waals surface area contributed by atoms with E-state index in [1.54, 1.807) is 0 Å². The fraction of sp³-hybridized carbons (Fsp3) is 0.407. The molecule has 6 nitrogen and oxygen atoms in total. The maximum atomic E-state index is 12.6. The first-order valence-electron chi connectivity index (χ1n) is 11.8. The third kappa shape index (κ3) is 5.38. The number of nitrogens with zero attached hydrogens (tertiary/aromatic N) is 2. The molecule has 1 heterocycles. The van der Waals surface area contributed by atoms with Crippen molar-refractivity contribution in [2.24, 2.45) is 0 Å². The van der Waals surface area contributed by atoms with Crippen molar-refractivity contribution in [3.8, 4) is 0 Å². The predicted molar refractivity (Wildman–Crippen MR) is 139 cm³/mol. The average Bonchev–Trinajstić information content (AvgIpc) is 2.77. The topological polar surface area (TPSA) is 69.3 Å². The van der Waals surface area contributed by atoms with Crippen molar-refractivity contribution in [1.82, 2.24) is 10.3 Å². The molecule has 0 aliphatic heterocycles. The molecule has 0 radical (unpaired) electrons. The van der Waals surface area contributed by atoms with Crippen LogP contribution in [0.1, 0.15) is 42.4 Å². The number of carbonyl (C=O) groups excluding carboxylic acids is 1. The Hall–Kier alpha value is -3.28. The number of amides is 2. The van der Waals surface area contributed by atoms with Crippen LogP contribution in [0.3, 0.4) is 0 Å². The highest BCUT2D eigenvalue weighted by atomic mass is 16.2. The van der Waals surface area contributed by atoms with E-state index in [-0.39, 0.29) is 12.1 Å². The van der Waals surface area contributed by atoms with Gasteiger partial charge in [0.1, 0.15) is 5.82 Å². The van der Waals surface area contributed by atoms with Crippen LogP contribution in [0.5, 0.6) is 0 Å². The number of aryl methyl sites for hydroxylation is 3. The molecule has 2 aromatic carbocycles. The van der Waals surface area contributed by atoms with Crippen molar-refractivity contribution >= 4 is 34.1 Å². The summed E-state index contributed by atoms with van der Waals surface area (Å²) in [5, 5.41) is 11.0. The molecule has 1 aromatic heterocycles. The second-order valence-electron chi connectivity index (χ2n) is 9.50. The summed E-state index contributed by atoms with van der Waals surface area (Å²) in [5.74, 6) is 0.914. The highest BCUT2D eigenvalue weighted by Gasteiger charge is 2.23. The molecular formula is C27H35N5O. The predicted octanol–water partition coefficient (Wildman–Crippen LogP) is 5.77. The summed E-state index contributed by atoms with van der Waals surface area (Å²) in [6.07, 6.45) is 3.90. The van der Waals surface area contributed by atoms with Crippen molar-refractivity contribution in [2.45, 2.75) is 58.5 Å². The molecule has 1 aliphatic carbocycles. The molecule has 1 aliphatic rings. The van der Waals surface area contributed by atoms with Crippen molar-refractivity contribution < 1.29 is 4.79 Å². The Kier molecular flexibility index (Phi) is 6.72. The molecule has 6 heteroatoms. The number of hydrogen-bond acceptors (Lipinski definition) is 4. The third-order valence-electron chi connectivity index (χ3n) is 6.51. The monoisotopic (exact) mass is 445 g/mol. The van der Waals surface area contributed by atoms with E-state index in [1.165, 1.54) is 5.56 Å². The molecule has 33 heavy (non-hydrogen) atoms. The van der Waals surface area contributed by atoms with Gasteiger partial charge in [-0.1, -0.05) is 35.9 Å². The lowest BCUT2D eigenvalue weighted by Crippen LogP contribution is -2.42. The fourth-order valence-electron chi connectivity index (χ4n) is 4.90. The smallest absolute Gasteiger partial charge is 0.319 e. The van der Waals surface area contributed by atoms with E-state index in [4.69, 9.17) is 4.98 Å². The second-order valence-corrected chi connectivity index (χ2v) is 9.50. The lowest BCUT2D eigenvalue weighted by Gasteiger charge is -2.30. The fourth-order valence-corrected chi connectivity index (χ4v) is 4.90. The van der Waals surface area contributed by atoms with E-state index in [2.05, 4.69) is 78.3 Å². The van der Waals surface area contributed by atoms with Crippen LogP contribution in [-0.2, 0) is 0 Å². The number of nitrogens with one attached hydrogen (secondary N) is 3. The van der Waals surface area contributed by atoms with Crippen molar-refractivity contribution in [3.63, 3.8) is 0 Å². The van der Waals surface area contributed by atoms with Gasteiger partial charge in [0.25, 0.3) is 0 Å². The Balaban J connectivity index is 1.34. The van der Waals surface area contributed by atoms with Crippen LogP contribution in [0.4, 0.5) is 22.0 Å². The maximum Gasteiger partial charge on any atom is 0.319 e. The first-order valence-corrected chi connectivity index (χ1v) is 11.8. The molecule has 4 rings (SSSR count). The molecule has 3 N–H and O–H groups in total. The third-order valence-corrected chi connectivity index (χ3v) is 6.51. The molecule has 0 bridgehead atoms. The van der Waals surface area contributed by atoms with Crippen LogP contribution in [0.25, 0.3) is 10.9 Å². The van der Waals surface area contributed by atoms with E-state index in [0.29, 0.717) is 6.04 Å². The maximum absolute atomic E-state index is 12.6. The van der Waals surface area contributed by atoms with Gasteiger partial charge in [-0.3, -0.25) is 0 Å². The highest BCUT2D eigenvalue weighted by molar-refractivity contribution is 5.93. The van der Waals surface area contributed by atoms with Crippen LogP contribution in [-0.4, -0.2) is 37.2 Å². The van der Waals surface area contributed by atoms with Crippen molar-refractivity contribution in [3.05, 3.63) is 59.2 Å². The van der Waals surface area contributed by atoms with Crippen LogP contribution in [0, 0.1) is 20.8 Å². The summed E-state index contributed by atoms with van der Waals surface area (Å²) in [6.45, 7) is 6.15. The lowest BCUT2D eigenvalue weighted by molar-refractivity contribution is 0.243. The van der Waals surface area contributed by atoms with E-state index in [1.807, 2.05) is 19.9 Å². The van der Waals surface area contributed by atoms with Gasteiger partial charge in [0.05, 0.1) is 5.52 Å². The number of urea groups is 1. The molecule has 0 spiro atoms. The molecule has 0 atom stereocenters. The first kappa shape index (κ1) is 22.9. The number of pyridine rings is 1. The van der Waals surface area contributed by atoms with Crippen LogP contribution in [0.15, 0.2) is 42.5 Å². The Morgan fingerprint density at radius 2 is 1.58 bits per heavy atom. The number of rotatable bonds is 5. The number of fused-ring (bicyclic) bond motifs is 1. The quantitative estimate of drug-likeness (QED) is 0.466. The number of para-hydroxylation sites is 1. The van der Waals surface area contributed by atoms with Crippen LogP contribution >= 0.6 is 0 Å². The lowest BCUT2D eigenvalue weighted by atomic mass is 9.91. The van der Waals surface area contributed by atoms with E-state index >= 15 is 0 Å². The SMILES string of the molecule is Cc1cc(C)c(NC(=O)N[C@H]2CC[C@@H](Nc3cc(N(C)C)c4ccccc4n3)CC2)c(C)c1. The number of benzene rings is 2. The minimum atomic E-state index is -0.117. The normalized spacial score (nSPS) is 18.1. The summed E-state index contributed by atoms with van der Waals surface area (Å²) in [5.41, 5.74) is 6.47. The minimum absolute atomic E-state index is 0.117. The molecular weight excluding hydrogens is 410 g/mol. The van der Waals surface area contributed by atoms with Crippen LogP contribution < -0.4 is 20.9 Å². The largest absolute Gasteiger partial charge is 0.377 e. The Bertz CT molecular complexity index is 1130. The summed E-state index contributed by atoms with van der Waals surface area (Å²) < 4.78 is 0. The van der Waals surface area contributed by atoms with Gasteiger partial charge in [-0.2, -0.15) is 0 Å². The zero-order valence-electron chi connectivity index (χ0n) is 20.3. The van der Waals surface area contributed by atoms with Crippen LogP contribution in [0.2, 0.25) is 0 Å². The average molecular weight is 446 g/mol. The zero-order chi connectivity index (χ0) is 23.5. The molecule has 0 saturated heterocycles. The van der Waals surface area contributed by atoms with Crippen molar-refractivity contribution in [2.75, 3.05) is 29.6 Å². The Morgan fingerprint density at radius 3 is 2.24 bits per heavy atom. The van der Waals surface area contributed by atoms with Gasteiger partial charge < -0.3 is 20.9 Å². The molecule has 1 fully saturated rings. The standard InChI is InChI=1S/C27H35N5O/c1-17-14-18(2)26(19(3)15-17)31-27(33)29-21-12-10-20(11-13-21)28-25-16-24(32(4)5)22-8-6-7-9-23(22)30-25/h6-9,14-16,20-21H,10-13H2,1-5H3,(H,28,30)(H2,29,31,33)/t20-,21+.